The first-order valence-electron chi connectivity index (χ1n) is 5.85. The summed E-state index contributed by atoms with van der Waals surface area (Å²) >= 11 is 0. The van der Waals surface area contributed by atoms with Crippen molar-refractivity contribution >= 4 is 10.0 Å². The van der Waals surface area contributed by atoms with Gasteiger partial charge in [-0.15, -0.1) is 10.2 Å². The predicted molar refractivity (Wildman–Crippen MR) is 71.8 cm³/mol. The Morgan fingerprint density at radius 1 is 1.15 bits per heavy atom. The predicted octanol–water partition coefficient (Wildman–Crippen LogP) is 1.49. The van der Waals surface area contributed by atoms with E-state index < -0.39 is 15.6 Å². The second-order valence-corrected chi connectivity index (χ2v) is 6.82. The van der Waals surface area contributed by atoms with Crippen molar-refractivity contribution in [3.8, 4) is 11.4 Å². The summed E-state index contributed by atoms with van der Waals surface area (Å²) in [6.45, 7) is 5.41. The molecule has 0 atom stereocenters. The topological polar surface area (TPSA) is 90.9 Å². The zero-order valence-corrected chi connectivity index (χ0v) is 12.1. The highest BCUT2D eigenvalue weighted by atomic mass is 32.2. The van der Waals surface area contributed by atoms with Crippen LogP contribution in [0.3, 0.4) is 0 Å². The summed E-state index contributed by atoms with van der Waals surface area (Å²) < 4.78 is 37.6. The Morgan fingerprint density at radius 3 is 2.15 bits per heavy atom. The second-order valence-electron chi connectivity index (χ2n) is 5.36. The Balaban J connectivity index is 2.72. The first-order chi connectivity index (χ1) is 9.10. The van der Waals surface area contributed by atoms with E-state index in [1.165, 1.54) is 28.8 Å². The minimum absolute atomic E-state index is 0.315. The fraction of sp³-hybridized carbons (Fsp3) is 0.333. The first-order valence-corrected chi connectivity index (χ1v) is 7.40. The van der Waals surface area contributed by atoms with Crippen molar-refractivity contribution in [1.29, 1.82) is 0 Å². The molecule has 2 rings (SSSR count). The molecule has 0 aliphatic carbocycles. The summed E-state index contributed by atoms with van der Waals surface area (Å²) in [5.74, 6) is -0.0660. The number of hydrogen-bond acceptors (Lipinski definition) is 4. The molecule has 1 aromatic carbocycles. The molecule has 108 valence electrons. The third kappa shape index (κ3) is 2.70. The maximum absolute atomic E-state index is 13.0. The van der Waals surface area contributed by atoms with Gasteiger partial charge in [-0.25, -0.2) is 17.9 Å². The van der Waals surface area contributed by atoms with E-state index in [1.807, 2.05) is 0 Å². The Hall–Kier alpha value is -1.80. The number of sulfonamides is 1. The molecule has 2 N–H and O–H groups in total. The van der Waals surface area contributed by atoms with Crippen LogP contribution in [-0.2, 0) is 15.6 Å². The molecule has 0 aliphatic heterocycles. The smallest absolute Gasteiger partial charge is 0.273 e. The van der Waals surface area contributed by atoms with Gasteiger partial charge in [-0.1, -0.05) is 0 Å². The van der Waals surface area contributed by atoms with Crippen LogP contribution in [0.2, 0.25) is 0 Å². The Bertz CT molecular complexity index is 730. The van der Waals surface area contributed by atoms with Crippen LogP contribution in [0.4, 0.5) is 4.39 Å². The molecule has 1 aromatic heterocycles. The third-order valence-corrected chi connectivity index (χ3v) is 3.43. The number of primary sulfonamides is 1. The number of nitrogens with two attached hydrogens (primary N) is 1. The summed E-state index contributed by atoms with van der Waals surface area (Å²) in [6, 6.07) is 5.56. The van der Waals surface area contributed by atoms with Gasteiger partial charge < -0.3 is 0 Å². The maximum atomic E-state index is 13.0. The van der Waals surface area contributed by atoms with E-state index in [0.29, 0.717) is 11.4 Å². The van der Waals surface area contributed by atoms with Crippen LogP contribution in [0, 0.1) is 5.82 Å². The summed E-state index contributed by atoms with van der Waals surface area (Å²) in [7, 11) is -4.00. The van der Waals surface area contributed by atoms with Crippen molar-refractivity contribution in [1.82, 2.24) is 14.8 Å². The van der Waals surface area contributed by atoms with Gasteiger partial charge in [0.15, 0.2) is 5.82 Å². The van der Waals surface area contributed by atoms with Gasteiger partial charge in [0.25, 0.3) is 15.2 Å². The molecule has 1 heterocycles. The highest BCUT2D eigenvalue weighted by Gasteiger charge is 2.29. The molecular weight excluding hydrogens is 283 g/mol. The molecule has 0 aliphatic rings. The van der Waals surface area contributed by atoms with Crippen molar-refractivity contribution in [2.24, 2.45) is 5.14 Å². The van der Waals surface area contributed by atoms with Gasteiger partial charge in [0.05, 0.1) is 0 Å². The van der Waals surface area contributed by atoms with Crippen molar-refractivity contribution in [3.05, 3.63) is 30.1 Å². The highest BCUT2D eigenvalue weighted by Crippen LogP contribution is 2.27. The van der Waals surface area contributed by atoms with E-state index >= 15 is 0 Å². The lowest BCUT2D eigenvalue weighted by Gasteiger charge is -2.24. The molecule has 20 heavy (non-hydrogen) atoms. The molecule has 0 amide bonds. The van der Waals surface area contributed by atoms with Crippen LogP contribution >= 0.6 is 0 Å². The van der Waals surface area contributed by atoms with Gasteiger partial charge in [0.1, 0.15) is 5.82 Å². The highest BCUT2D eigenvalue weighted by molar-refractivity contribution is 7.89. The fourth-order valence-corrected chi connectivity index (χ4v) is 2.61. The van der Waals surface area contributed by atoms with Crippen LogP contribution < -0.4 is 5.14 Å². The fourth-order valence-electron chi connectivity index (χ4n) is 1.84. The monoisotopic (exact) mass is 298 g/mol. The van der Waals surface area contributed by atoms with Crippen molar-refractivity contribution in [2.75, 3.05) is 0 Å². The normalized spacial score (nSPS) is 12.7. The molecule has 0 radical (unpaired) electrons. The summed E-state index contributed by atoms with van der Waals surface area (Å²) in [5.41, 5.74) is -0.0432. The average molecular weight is 298 g/mol. The number of rotatable bonds is 2. The van der Waals surface area contributed by atoms with E-state index in [9.17, 15) is 12.8 Å². The van der Waals surface area contributed by atoms with Crippen LogP contribution in [0.15, 0.2) is 29.4 Å². The largest absolute Gasteiger partial charge is 0.291 e. The quantitative estimate of drug-likeness (QED) is 0.909. The Morgan fingerprint density at radius 2 is 1.70 bits per heavy atom. The van der Waals surface area contributed by atoms with Crippen LogP contribution in [0.1, 0.15) is 20.8 Å². The molecule has 0 saturated heterocycles. The Kier molecular flexibility index (Phi) is 3.39. The zero-order valence-electron chi connectivity index (χ0n) is 11.3. The maximum Gasteiger partial charge on any atom is 0.273 e. The van der Waals surface area contributed by atoms with E-state index in [1.54, 1.807) is 20.8 Å². The molecule has 2 aromatic rings. The zero-order chi connectivity index (χ0) is 15.1. The number of hydrogen-bond donors (Lipinski definition) is 1. The van der Waals surface area contributed by atoms with Gasteiger partial charge in [-0.3, -0.25) is 4.57 Å². The molecule has 0 saturated carbocycles. The van der Waals surface area contributed by atoms with Crippen LogP contribution in [0.25, 0.3) is 11.4 Å². The Labute approximate surface area is 116 Å². The van der Waals surface area contributed by atoms with Gasteiger partial charge in [-0.05, 0) is 45.0 Å². The molecule has 6 nitrogen and oxygen atoms in total. The van der Waals surface area contributed by atoms with E-state index in [2.05, 4.69) is 10.2 Å². The number of benzene rings is 1. The van der Waals surface area contributed by atoms with Crippen molar-refractivity contribution < 1.29 is 12.8 Å². The van der Waals surface area contributed by atoms with Crippen molar-refractivity contribution in [3.63, 3.8) is 0 Å². The lowest BCUT2D eigenvalue weighted by atomic mass is 10.1. The summed E-state index contributed by atoms with van der Waals surface area (Å²) in [6.07, 6.45) is 0. The van der Waals surface area contributed by atoms with E-state index in [0.717, 1.165) is 0 Å². The number of nitrogens with zero attached hydrogens (tertiary/aromatic N) is 3. The van der Waals surface area contributed by atoms with Crippen LogP contribution in [-0.4, -0.2) is 23.2 Å². The van der Waals surface area contributed by atoms with Crippen molar-refractivity contribution in [2.45, 2.75) is 31.5 Å². The third-order valence-electron chi connectivity index (χ3n) is 2.66. The lowest BCUT2D eigenvalue weighted by Crippen LogP contribution is -2.29. The molecule has 0 fully saturated rings. The molecule has 8 heteroatoms. The van der Waals surface area contributed by atoms with Crippen LogP contribution in [0.5, 0.6) is 0 Å². The minimum atomic E-state index is -4.00. The van der Waals surface area contributed by atoms with E-state index in [-0.39, 0.29) is 11.0 Å². The number of aromatic nitrogens is 3. The van der Waals surface area contributed by atoms with E-state index in [4.69, 9.17) is 5.14 Å². The minimum Gasteiger partial charge on any atom is -0.291 e. The van der Waals surface area contributed by atoms with Gasteiger partial charge in [-0.2, -0.15) is 0 Å². The lowest BCUT2D eigenvalue weighted by molar-refractivity contribution is 0.366. The second kappa shape index (κ2) is 4.64. The molecular formula is C12H15FN4O2S. The molecule has 0 unspecified atom stereocenters. The van der Waals surface area contributed by atoms with Gasteiger partial charge in [0.2, 0.25) is 0 Å². The summed E-state index contributed by atoms with van der Waals surface area (Å²) in [5, 5.41) is 12.4. The van der Waals surface area contributed by atoms with Gasteiger partial charge >= 0.3 is 0 Å². The average Bonchev–Trinajstić information content (AvgIpc) is 2.73. The summed E-state index contributed by atoms with van der Waals surface area (Å²) in [4.78, 5) is 0. The molecule has 0 spiro atoms. The SMILES string of the molecule is CC(C)(C)n1c(-c2ccc(F)cc2)nnc1S(N)(=O)=O. The first kappa shape index (κ1) is 14.6. The number of halogens is 1. The standard InChI is InChI=1S/C12H15FN4O2S/c1-12(2,3)17-10(8-4-6-9(13)7-5-8)15-16-11(17)20(14,18)19/h4-7H,1-3H3,(H2,14,18,19). The van der Waals surface area contributed by atoms with Gasteiger partial charge in [0, 0.05) is 11.1 Å². The molecule has 0 bridgehead atoms.